The fraction of sp³-hybridized carbons (Fsp3) is 1.00. The molecule has 0 aromatic rings. The highest BCUT2D eigenvalue weighted by Crippen LogP contribution is 2.34. The lowest BCUT2D eigenvalue weighted by atomic mass is 10.4. The third-order valence-corrected chi connectivity index (χ3v) is 6.71. The molecule has 4 heteroatoms. The first-order valence-corrected chi connectivity index (χ1v) is 6.57. The molecule has 0 N–H and O–H groups in total. The lowest BCUT2D eigenvalue weighted by Gasteiger charge is -2.39. The van der Waals surface area contributed by atoms with Gasteiger partial charge >= 0.3 is 8.56 Å². The van der Waals surface area contributed by atoms with Crippen LogP contribution in [0.1, 0.15) is 13.3 Å². The number of hydrogen-bond acceptors (Lipinski definition) is 3. The topological polar surface area (TPSA) is 27.7 Å². The minimum atomic E-state index is -1.89. The van der Waals surface area contributed by atoms with E-state index in [-0.39, 0.29) is 0 Å². The van der Waals surface area contributed by atoms with Gasteiger partial charge < -0.3 is 13.6 Å². The fourth-order valence-corrected chi connectivity index (χ4v) is 4.75. The zero-order valence-corrected chi connectivity index (χ0v) is 9.13. The van der Waals surface area contributed by atoms with Gasteiger partial charge in [0.1, 0.15) is 0 Å². The summed E-state index contributed by atoms with van der Waals surface area (Å²) in [5, 5.41) is 0. The summed E-state index contributed by atoms with van der Waals surface area (Å²) in [4.78, 5) is 0. The average Bonchev–Trinajstić information content (AvgIpc) is 2.00. The van der Waals surface area contributed by atoms with E-state index in [1.807, 2.05) is 0 Å². The second-order valence-electron chi connectivity index (χ2n) is 3.20. The van der Waals surface area contributed by atoms with Crippen molar-refractivity contribution in [2.24, 2.45) is 0 Å². The molecule has 1 fully saturated rings. The van der Waals surface area contributed by atoms with Crippen molar-refractivity contribution >= 4 is 8.56 Å². The predicted molar refractivity (Wildman–Crippen MR) is 49.4 cm³/mol. The normalized spacial score (nSPS) is 19.2. The summed E-state index contributed by atoms with van der Waals surface area (Å²) in [6.45, 7) is 3.82. The minimum Gasteiger partial charge on any atom is -0.397 e. The van der Waals surface area contributed by atoms with Crippen molar-refractivity contribution in [3.63, 3.8) is 0 Å². The number of ether oxygens (including phenoxy) is 1. The van der Waals surface area contributed by atoms with Crippen LogP contribution in [0.15, 0.2) is 0 Å². The first kappa shape index (κ1) is 10.2. The van der Waals surface area contributed by atoms with Crippen LogP contribution in [0.5, 0.6) is 0 Å². The molecule has 3 nitrogen and oxygen atoms in total. The molecule has 0 radical (unpaired) electrons. The van der Waals surface area contributed by atoms with E-state index in [0.717, 1.165) is 25.7 Å². The summed E-state index contributed by atoms with van der Waals surface area (Å²) in [6.07, 6.45) is 1.13. The highest BCUT2D eigenvalue weighted by atomic mass is 28.4. The second-order valence-corrected chi connectivity index (χ2v) is 6.96. The van der Waals surface area contributed by atoms with E-state index in [1.165, 1.54) is 0 Å². The van der Waals surface area contributed by atoms with Crippen LogP contribution in [-0.4, -0.2) is 36.0 Å². The average molecular weight is 190 g/mol. The molecule has 0 unspecified atom stereocenters. The van der Waals surface area contributed by atoms with Crippen LogP contribution in [0.2, 0.25) is 11.6 Å². The SMILES string of the molecule is CCC[Si](OC)(OC)C1COC1. The molecular formula is C8H18O3Si. The fourth-order valence-electron chi connectivity index (χ4n) is 1.66. The Morgan fingerprint density at radius 2 is 1.92 bits per heavy atom. The molecule has 72 valence electrons. The van der Waals surface area contributed by atoms with Gasteiger partial charge in [-0.05, 0) is 6.04 Å². The second kappa shape index (κ2) is 4.37. The maximum atomic E-state index is 5.57. The van der Waals surface area contributed by atoms with Crippen LogP contribution in [0.3, 0.4) is 0 Å². The van der Waals surface area contributed by atoms with Crippen molar-refractivity contribution in [1.82, 2.24) is 0 Å². The summed E-state index contributed by atoms with van der Waals surface area (Å²) in [6, 6.07) is 1.08. The molecule has 1 aliphatic heterocycles. The van der Waals surface area contributed by atoms with Gasteiger partial charge in [0.25, 0.3) is 0 Å². The number of rotatable bonds is 5. The molecule has 0 atom stereocenters. The molecule has 0 saturated carbocycles. The summed E-state index contributed by atoms with van der Waals surface area (Å²) in [5.41, 5.74) is 0.549. The van der Waals surface area contributed by atoms with Crippen LogP contribution in [-0.2, 0) is 13.6 Å². The largest absolute Gasteiger partial charge is 0.397 e. The first-order chi connectivity index (χ1) is 5.79. The van der Waals surface area contributed by atoms with Crippen LogP contribution in [0, 0.1) is 0 Å². The van der Waals surface area contributed by atoms with Gasteiger partial charge in [0, 0.05) is 19.8 Å². The molecule has 1 heterocycles. The van der Waals surface area contributed by atoms with E-state index < -0.39 is 8.56 Å². The summed E-state index contributed by atoms with van der Waals surface area (Å²) in [7, 11) is 1.65. The molecule has 0 bridgehead atoms. The summed E-state index contributed by atoms with van der Waals surface area (Å²) >= 11 is 0. The Balaban J connectivity index is 2.54. The molecule has 1 aliphatic rings. The first-order valence-electron chi connectivity index (χ1n) is 4.47. The van der Waals surface area contributed by atoms with E-state index in [2.05, 4.69) is 6.92 Å². The van der Waals surface area contributed by atoms with Gasteiger partial charge in [0.2, 0.25) is 0 Å². The van der Waals surface area contributed by atoms with E-state index in [9.17, 15) is 0 Å². The van der Waals surface area contributed by atoms with Gasteiger partial charge in [-0.15, -0.1) is 0 Å². The van der Waals surface area contributed by atoms with Gasteiger partial charge in [-0.3, -0.25) is 0 Å². The molecule has 0 aromatic carbocycles. The van der Waals surface area contributed by atoms with Gasteiger partial charge in [0.15, 0.2) is 0 Å². The van der Waals surface area contributed by atoms with Crippen LogP contribution >= 0.6 is 0 Å². The van der Waals surface area contributed by atoms with Crippen molar-refractivity contribution in [2.75, 3.05) is 27.4 Å². The van der Waals surface area contributed by atoms with Crippen LogP contribution in [0.4, 0.5) is 0 Å². The highest BCUT2D eigenvalue weighted by molar-refractivity contribution is 6.69. The minimum absolute atomic E-state index is 0.549. The Kier molecular flexibility index (Phi) is 3.70. The van der Waals surface area contributed by atoms with Crippen molar-refractivity contribution in [3.8, 4) is 0 Å². The quantitative estimate of drug-likeness (QED) is 0.615. The van der Waals surface area contributed by atoms with Crippen molar-refractivity contribution < 1.29 is 13.6 Å². The standard InChI is InChI=1S/C8H18O3Si/c1-4-5-12(9-2,10-3)8-6-11-7-8/h8H,4-7H2,1-3H3. The Morgan fingerprint density at radius 1 is 1.33 bits per heavy atom. The molecule has 0 amide bonds. The molecule has 1 saturated heterocycles. The lowest BCUT2D eigenvalue weighted by molar-refractivity contribution is 0.0124. The zero-order chi connectivity index (χ0) is 9.03. The molecule has 0 aromatic heterocycles. The molecule has 0 spiro atoms. The maximum absolute atomic E-state index is 5.57. The third-order valence-electron chi connectivity index (χ3n) is 2.55. The highest BCUT2D eigenvalue weighted by Gasteiger charge is 2.47. The maximum Gasteiger partial charge on any atom is 0.345 e. The van der Waals surface area contributed by atoms with Gasteiger partial charge in [-0.2, -0.15) is 0 Å². The molecular weight excluding hydrogens is 172 g/mol. The molecule has 1 rings (SSSR count). The summed E-state index contributed by atoms with van der Waals surface area (Å²) in [5.74, 6) is 0. The number of hydrogen-bond donors (Lipinski definition) is 0. The van der Waals surface area contributed by atoms with Gasteiger partial charge in [0.05, 0.1) is 13.2 Å². The molecule has 12 heavy (non-hydrogen) atoms. The Labute approximate surface area is 75.3 Å². The van der Waals surface area contributed by atoms with E-state index in [0.29, 0.717) is 5.54 Å². The Morgan fingerprint density at radius 3 is 2.17 bits per heavy atom. The van der Waals surface area contributed by atoms with E-state index in [4.69, 9.17) is 13.6 Å². The van der Waals surface area contributed by atoms with Crippen molar-refractivity contribution in [1.29, 1.82) is 0 Å². The smallest absolute Gasteiger partial charge is 0.345 e. The van der Waals surface area contributed by atoms with E-state index in [1.54, 1.807) is 14.2 Å². The van der Waals surface area contributed by atoms with Gasteiger partial charge in [-0.1, -0.05) is 13.3 Å². The van der Waals surface area contributed by atoms with Crippen molar-refractivity contribution in [2.45, 2.75) is 24.9 Å². The van der Waals surface area contributed by atoms with Crippen LogP contribution < -0.4 is 0 Å². The molecule has 0 aliphatic carbocycles. The van der Waals surface area contributed by atoms with Crippen LogP contribution in [0.25, 0.3) is 0 Å². The summed E-state index contributed by atoms with van der Waals surface area (Å²) < 4.78 is 16.3. The van der Waals surface area contributed by atoms with Gasteiger partial charge in [-0.25, -0.2) is 0 Å². The predicted octanol–water partition coefficient (Wildman–Crippen LogP) is 1.53. The van der Waals surface area contributed by atoms with E-state index >= 15 is 0 Å². The zero-order valence-electron chi connectivity index (χ0n) is 8.13. The Bertz CT molecular complexity index is 132. The Hall–Kier alpha value is 0.0969. The van der Waals surface area contributed by atoms with Crippen molar-refractivity contribution in [3.05, 3.63) is 0 Å². The third kappa shape index (κ3) is 1.71. The lowest BCUT2D eigenvalue weighted by Crippen LogP contribution is -2.52. The monoisotopic (exact) mass is 190 g/mol.